The van der Waals surface area contributed by atoms with E-state index in [1.807, 2.05) is 24.3 Å². The Bertz CT molecular complexity index is 541. The summed E-state index contributed by atoms with van der Waals surface area (Å²) in [7, 11) is 0. The van der Waals surface area contributed by atoms with Gasteiger partial charge >= 0.3 is 0 Å². The fourth-order valence-corrected chi connectivity index (χ4v) is 1.56. The lowest BCUT2D eigenvalue weighted by Crippen LogP contribution is -1.87. The second-order valence-corrected chi connectivity index (χ2v) is 3.74. The van der Waals surface area contributed by atoms with Gasteiger partial charge in [0.2, 0.25) is 0 Å². The van der Waals surface area contributed by atoms with Crippen molar-refractivity contribution >= 4 is 11.1 Å². The highest BCUT2D eigenvalue weighted by Crippen LogP contribution is 2.28. The SMILES string of the molecule is C=C(C(=C)c1ccc(O)cc1)c1ccncc1. The molecule has 1 N–H and O–H groups in total. The number of hydrogen-bond acceptors (Lipinski definition) is 2. The van der Waals surface area contributed by atoms with Gasteiger partial charge in [0, 0.05) is 12.4 Å². The molecule has 84 valence electrons. The molecular formula is C15H13NO. The number of nitrogens with zero attached hydrogens (tertiary/aromatic N) is 1. The van der Waals surface area contributed by atoms with Crippen molar-refractivity contribution < 1.29 is 5.11 Å². The number of benzene rings is 1. The summed E-state index contributed by atoms with van der Waals surface area (Å²) < 4.78 is 0. The maximum atomic E-state index is 9.23. The van der Waals surface area contributed by atoms with E-state index in [9.17, 15) is 5.11 Å². The van der Waals surface area contributed by atoms with Gasteiger partial charge in [-0.05, 0) is 46.5 Å². The van der Waals surface area contributed by atoms with Gasteiger partial charge in [0.15, 0.2) is 0 Å². The quantitative estimate of drug-likeness (QED) is 0.808. The molecule has 2 rings (SSSR count). The Hall–Kier alpha value is -2.35. The van der Waals surface area contributed by atoms with E-state index in [0.717, 1.165) is 22.3 Å². The van der Waals surface area contributed by atoms with E-state index >= 15 is 0 Å². The van der Waals surface area contributed by atoms with Crippen LogP contribution >= 0.6 is 0 Å². The van der Waals surface area contributed by atoms with Crippen LogP contribution in [0.4, 0.5) is 0 Å². The Balaban J connectivity index is 2.27. The van der Waals surface area contributed by atoms with Crippen LogP contribution in [0.15, 0.2) is 61.9 Å². The van der Waals surface area contributed by atoms with Crippen LogP contribution in [0, 0.1) is 0 Å². The second-order valence-electron chi connectivity index (χ2n) is 3.74. The molecule has 0 radical (unpaired) electrons. The molecule has 0 bridgehead atoms. The van der Waals surface area contributed by atoms with Crippen LogP contribution in [0.1, 0.15) is 11.1 Å². The maximum Gasteiger partial charge on any atom is 0.115 e. The molecule has 0 saturated heterocycles. The number of aromatic hydroxyl groups is 1. The van der Waals surface area contributed by atoms with E-state index in [1.165, 1.54) is 0 Å². The van der Waals surface area contributed by atoms with Gasteiger partial charge in [-0.25, -0.2) is 0 Å². The summed E-state index contributed by atoms with van der Waals surface area (Å²) in [6, 6.07) is 10.7. The summed E-state index contributed by atoms with van der Waals surface area (Å²) in [6.45, 7) is 8.06. The Kier molecular flexibility index (Phi) is 3.06. The molecule has 17 heavy (non-hydrogen) atoms. The van der Waals surface area contributed by atoms with E-state index < -0.39 is 0 Å². The molecule has 0 aliphatic heterocycles. The number of aromatic nitrogens is 1. The van der Waals surface area contributed by atoms with Gasteiger partial charge in [-0.2, -0.15) is 0 Å². The van der Waals surface area contributed by atoms with E-state index in [2.05, 4.69) is 18.1 Å². The lowest BCUT2D eigenvalue weighted by Gasteiger charge is -2.09. The Labute approximate surface area is 101 Å². The lowest BCUT2D eigenvalue weighted by atomic mass is 9.96. The first-order chi connectivity index (χ1) is 8.18. The van der Waals surface area contributed by atoms with E-state index in [1.54, 1.807) is 24.5 Å². The van der Waals surface area contributed by atoms with E-state index in [0.29, 0.717) is 0 Å². The van der Waals surface area contributed by atoms with Crippen molar-refractivity contribution in [1.82, 2.24) is 4.98 Å². The minimum Gasteiger partial charge on any atom is -0.508 e. The van der Waals surface area contributed by atoms with Gasteiger partial charge in [0.05, 0.1) is 0 Å². The zero-order valence-electron chi connectivity index (χ0n) is 9.43. The van der Waals surface area contributed by atoms with Crippen molar-refractivity contribution in [2.75, 3.05) is 0 Å². The molecule has 0 fully saturated rings. The van der Waals surface area contributed by atoms with Gasteiger partial charge in [-0.3, -0.25) is 4.98 Å². The van der Waals surface area contributed by atoms with Crippen LogP contribution in [-0.2, 0) is 0 Å². The third kappa shape index (κ3) is 2.42. The molecule has 1 aromatic carbocycles. The molecule has 0 unspecified atom stereocenters. The number of allylic oxidation sites excluding steroid dienone is 2. The fraction of sp³-hybridized carbons (Fsp3) is 0. The van der Waals surface area contributed by atoms with Crippen LogP contribution in [0.25, 0.3) is 11.1 Å². The highest BCUT2D eigenvalue weighted by atomic mass is 16.3. The highest BCUT2D eigenvalue weighted by molar-refractivity contribution is 6.02. The van der Waals surface area contributed by atoms with Crippen molar-refractivity contribution in [2.24, 2.45) is 0 Å². The molecule has 0 aliphatic rings. The summed E-state index contributed by atoms with van der Waals surface area (Å²) >= 11 is 0. The zero-order valence-corrected chi connectivity index (χ0v) is 9.43. The summed E-state index contributed by atoms with van der Waals surface area (Å²) in [5, 5.41) is 9.23. The largest absolute Gasteiger partial charge is 0.508 e. The van der Waals surface area contributed by atoms with Crippen LogP contribution < -0.4 is 0 Å². The number of hydrogen-bond donors (Lipinski definition) is 1. The Morgan fingerprint density at radius 1 is 0.824 bits per heavy atom. The predicted octanol–water partition coefficient (Wildman–Crippen LogP) is 3.51. The third-order valence-corrected chi connectivity index (χ3v) is 2.61. The lowest BCUT2D eigenvalue weighted by molar-refractivity contribution is 0.475. The summed E-state index contributed by atoms with van der Waals surface area (Å²) in [5.41, 5.74) is 3.65. The normalized spacial score (nSPS) is 9.88. The van der Waals surface area contributed by atoms with Crippen LogP contribution in [-0.4, -0.2) is 10.1 Å². The van der Waals surface area contributed by atoms with Crippen molar-refractivity contribution in [1.29, 1.82) is 0 Å². The molecule has 2 heteroatoms. The maximum absolute atomic E-state index is 9.23. The molecule has 2 nitrogen and oxygen atoms in total. The van der Waals surface area contributed by atoms with E-state index in [-0.39, 0.29) is 5.75 Å². The second kappa shape index (κ2) is 4.66. The van der Waals surface area contributed by atoms with Crippen LogP contribution in [0.3, 0.4) is 0 Å². The molecule has 0 saturated carbocycles. The summed E-state index contributed by atoms with van der Waals surface area (Å²) in [4.78, 5) is 3.97. The Morgan fingerprint density at radius 3 is 1.82 bits per heavy atom. The molecule has 0 atom stereocenters. The number of pyridine rings is 1. The average Bonchev–Trinajstić information content (AvgIpc) is 2.39. The van der Waals surface area contributed by atoms with Gasteiger partial charge in [0.1, 0.15) is 5.75 Å². The third-order valence-electron chi connectivity index (χ3n) is 2.61. The minimum absolute atomic E-state index is 0.246. The molecular weight excluding hydrogens is 210 g/mol. The number of phenols is 1. The monoisotopic (exact) mass is 223 g/mol. The van der Waals surface area contributed by atoms with Gasteiger partial charge in [0.25, 0.3) is 0 Å². The van der Waals surface area contributed by atoms with Crippen LogP contribution in [0.5, 0.6) is 5.75 Å². The van der Waals surface area contributed by atoms with Crippen molar-refractivity contribution in [3.05, 3.63) is 73.1 Å². The predicted molar refractivity (Wildman–Crippen MR) is 70.4 cm³/mol. The van der Waals surface area contributed by atoms with Crippen molar-refractivity contribution in [2.45, 2.75) is 0 Å². The number of rotatable bonds is 3. The first-order valence-electron chi connectivity index (χ1n) is 5.26. The Morgan fingerprint density at radius 2 is 1.29 bits per heavy atom. The molecule has 1 aromatic heterocycles. The van der Waals surface area contributed by atoms with Crippen molar-refractivity contribution in [3.8, 4) is 5.75 Å². The fourth-order valence-electron chi connectivity index (χ4n) is 1.56. The van der Waals surface area contributed by atoms with E-state index in [4.69, 9.17) is 0 Å². The first kappa shape index (κ1) is 11.1. The van der Waals surface area contributed by atoms with Crippen LogP contribution in [0.2, 0.25) is 0 Å². The molecule has 1 heterocycles. The first-order valence-corrected chi connectivity index (χ1v) is 5.26. The molecule has 0 amide bonds. The molecule has 2 aromatic rings. The van der Waals surface area contributed by atoms with Gasteiger partial charge in [-0.15, -0.1) is 0 Å². The standard InChI is InChI=1S/C15H13NO/c1-11(13-3-5-15(17)6-4-13)12(2)14-7-9-16-10-8-14/h3-10,17H,1-2H2. The molecule has 0 spiro atoms. The topological polar surface area (TPSA) is 33.1 Å². The van der Waals surface area contributed by atoms with Gasteiger partial charge in [-0.1, -0.05) is 25.3 Å². The number of phenolic OH excluding ortho intramolecular Hbond substituents is 1. The summed E-state index contributed by atoms with van der Waals surface area (Å²) in [6.07, 6.45) is 3.45. The molecule has 0 aliphatic carbocycles. The minimum atomic E-state index is 0.246. The zero-order chi connectivity index (χ0) is 12.3. The summed E-state index contributed by atoms with van der Waals surface area (Å²) in [5.74, 6) is 0.246. The smallest absolute Gasteiger partial charge is 0.115 e. The highest BCUT2D eigenvalue weighted by Gasteiger charge is 2.05. The van der Waals surface area contributed by atoms with Gasteiger partial charge < -0.3 is 5.11 Å². The van der Waals surface area contributed by atoms with Crippen molar-refractivity contribution in [3.63, 3.8) is 0 Å². The average molecular weight is 223 g/mol.